The number of carbonyl (C=O) groups is 1. The fraction of sp³-hybridized carbons (Fsp3) is 0.444. The lowest BCUT2D eigenvalue weighted by Crippen LogP contribution is -2.61. The van der Waals surface area contributed by atoms with Gasteiger partial charge in [0.2, 0.25) is 10.0 Å². The van der Waals surface area contributed by atoms with E-state index in [0.29, 0.717) is 0 Å². The van der Waals surface area contributed by atoms with Crippen molar-refractivity contribution >= 4 is 27.3 Å². The summed E-state index contributed by atoms with van der Waals surface area (Å²) in [7, 11) is -3.80. The molecule has 2 rings (SSSR count). The van der Waals surface area contributed by atoms with E-state index in [1.54, 1.807) is 0 Å². The van der Waals surface area contributed by atoms with Gasteiger partial charge in [-0.3, -0.25) is 0 Å². The van der Waals surface area contributed by atoms with Crippen LogP contribution < -0.4 is 0 Å². The first-order chi connectivity index (χ1) is 7.74. The normalized spacial score (nSPS) is 19.9. The van der Waals surface area contributed by atoms with Crippen LogP contribution in [-0.4, -0.2) is 47.6 Å². The van der Waals surface area contributed by atoms with Crippen molar-refractivity contribution in [2.75, 3.05) is 13.1 Å². The first-order valence-corrected chi connectivity index (χ1v) is 7.09. The molecule has 17 heavy (non-hydrogen) atoms. The molecule has 0 radical (unpaired) electrons. The molecule has 1 aliphatic heterocycles. The average Bonchev–Trinajstić information content (AvgIpc) is 2.62. The molecule has 2 heterocycles. The molecular formula is C9H11NO5S2. The summed E-state index contributed by atoms with van der Waals surface area (Å²) in [6.07, 6.45) is 0. The van der Waals surface area contributed by atoms with Gasteiger partial charge in [0.05, 0.1) is 5.60 Å². The van der Waals surface area contributed by atoms with E-state index in [0.717, 1.165) is 15.6 Å². The molecule has 0 unspecified atom stereocenters. The van der Waals surface area contributed by atoms with Gasteiger partial charge in [-0.25, -0.2) is 13.2 Å². The Labute approximate surface area is 102 Å². The maximum atomic E-state index is 12.0. The summed E-state index contributed by atoms with van der Waals surface area (Å²) < 4.78 is 25.2. The molecule has 94 valence electrons. The minimum absolute atomic E-state index is 0.00968. The van der Waals surface area contributed by atoms with Gasteiger partial charge >= 0.3 is 5.97 Å². The Morgan fingerprint density at radius 1 is 1.53 bits per heavy atom. The maximum Gasteiger partial charge on any atom is 0.347 e. The topological polar surface area (TPSA) is 94.9 Å². The number of thiophene rings is 1. The highest BCUT2D eigenvalue weighted by molar-refractivity contribution is 7.89. The van der Waals surface area contributed by atoms with E-state index in [1.807, 2.05) is 0 Å². The highest BCUT2D eigenvalue weighted by atomic mass is 32.2. The summed E-state index contributed by atoms with van der Waals surface area (Å²) >= 11 is 0.869. The quantitative estimate of drug-likeness (QED) is 0.823. The second-order valence-corrected chi connectivity index (χ2v) is 7.01. The van der Waals surface area contributed by atoms with Crippen molar-refractivity contribution < 1.29 is 23.4 Å². The fourth-order valence-corrected chi connectivity index (χ4v) is 4.59. The average molecular weight is 277 g/mol. The number of hydrogen-bond acceptors (Lipinski definition) is 5. The highest BCUT2D eigenvalue weighted by Gasteiger charge is 2.45. The molecule has 0 spiro atoms. The molecule has 0 aliphatic carbocycles. The number of nitrogens with zero attached hydrogens (tertiary/aromatic N) is 1. The zero-order valence-electron chi connectivity index (χ0n) is 8.95. The molecule has 0 bridgehead atoms. The molecule has 8 heteroatoms. The van der Waals surface area contributed by atoms with Crippen LogP contribution in [0.5, 0.6) is 0 Å². The zero-order valence-corrected chi connectivity index (χ0v) is 10.6. The molecule has 0 amide bonds. The Kier molecular flexibility index (Phi) is 2.77. The summed E-state index contributed by atoms with van der Waals surface area (Å²) in [6, 6.07) is 1.27. The van der Waals surface area contributed by atoms with E-state index in [1.165, 1.54) is 18.4 Å². The van der Waals surface area contributed by atoms with Gasteiger partial charge in [-0.2, -0.15) is 4.31 Å². The van der Waals surface area contributed by atoms with E-state index >= 15 is 0 Å². The van der Waals surface area contributed by atoms with Gasteiger partial charge in [0.1, 0.15) is 9.77 Å². The van der Waals surface area contributed by atoms with Crippen LogP contribution in [0.25, 0.3) is 0 Å². The number of aliphatic hydroxyl groups is 1. The van der Waals surface area contributed by atoms with Crippen molar-refractivity contribution in [1.82, 2.24) is 4.31 Å². The van der Waals surface area contributed by atoms with Crippen molar-refractivity contribution in [1.29, 1.82) is 0 Å². The summed E-state index contributed by atoms with van der Waals surface area (Å²) in [5.74, 6) is -1.26. The molecule has 1 aliphatic rings. The van der Waals surface area contributed by atoms with E-state index in [2.05, 4.69) is 0 Å². The molecule has 1 saturated heterocycles. The van der Waals surface area contributed by atoms with E-state index in [-0.39, 0.29) is 22.9 Å². The number of β-amino-alcohol motifs (C(OH)–C–C–N with tert-alkyl or cyclic N) is 1. The number of aromatic carboxylic acids is 1. The largest absolute Gasteiger partial charge is 0.477 e. The molecule has 1 aromatic rings. The van der Waals surface area contributed by atoms with Gasteiger partial charge in [0, 0.05) is 13.1 Å². The number of carboxylic acids is 1. The Morgan fingerprint density at radius 3 is 2.59 bits per heavy atom. The predicted molar refractivity (Wildman–Crippen MR) is 60.7 cm³/mol. The van der Waals surface area contributed by atoms with E-state index < -0.39 is 21.6 Å². The van der Waals surface area contributed by atoms with Crippen molar-refractivity contribution in [2.24, 2.45) is 0 Å². The van der Waals surface area contributed by atoms with Gasteiger partial charge in [-0.1, -0.05) is 0 Å². The lowest BCUT2D eigenvalue weighted by atomic mass is 10.0. The van der Waals surface area contributed by atoms with Crippen molar-refractivity contribution in [3.05, 3.63) is 16.3 Å². The third-order valence-corrected chi connectivity index (χ3v) is 5.34. The molecule has 1 aromatic heterocycles. The summed E-state index contributed by atoms with van der Waals surface area (Å²) in [6.45, 7) is 1.51. The lowest BCUT2D eigenvalue weighted by molar-refractivity contribution is -0.0426. The monoisotopic (exact) mass is 277 g/mol. The molecule has 1 fully saturated rings. The number of hydrogen-bond donors (Lipinski definition) is 2. The van der Waals surface area contributed by atoms with Gasteiger partial charge in [-0.05, 0) is 18.4 Å². The zero-order chi connectivity index (χ0) is 12.8. The Morgan fingerprint density at radius 2 is 2.12 bits per heavy atom. The van der Waals surface area contributed by atoms with E-state index in [9.17, 15) is 18.3 Å². The Bertz CT molecular complexity index is 552. The van der Waals surface area contributed by atoms with Gasteiger partial charge in [0.25, 0.3) is 0 Å². The van der Waals surface area contributed by atoms with E-state index in [4.69, 9.17) is 5.11 Å². The molecule has 6 nitrogen and oxygen atoms in total. The van der Waals surface area contributed by atoms with Crippen LogP contribution in [0.1, 0.15) is 16.6 Å². The van der Waals surface area contributed by atoms with Crippen LogP contribution in [-0.2, 0) is 10.0 Å². The number of rotatable bonds is 3. The van der Waals surface area contributed by atoms with Crippen LogP contribution in [0, 0.1) is 0 Å². The van der Waals surface area contributed by atoms with Crippen LogP contribution >= 0.6 is 11.3 Å². The fourth-order valence-electron chi connectivity index (χ4n) is 1.68. The molecular weight excluding hydrogens is 266 g/mol. The molecule has 0 saturated carbocycles. The highest BCUT2D eigenvalue weighted by Crippen LogP contribution is 2.31. The van der Waals surface area contributed by atoms with Crippen LogP contribution in [0.15, 0.2) is 16.3 Å². The van der Waals surface area contributed by atoms with Crippen LogP contribution in [0.2, 0.25) is 0 Å². The molecule has 0 aromatic carbocycles. The van der Waals surface area contributed by atoms with Crippen LogP contribution in [0.3, 0.4) is 0 Å². The second-order valence-electron chi connectivity index (χ2n) is 4.19. The summed E-state index contributed by atoms with van der Waals surface area (Å²) in [5.41, 5.74) is -1.02. The van der Waals surface area contributed by atoms with Crippen molar-refractivity contribution in [3.8, 4) is 0 Å². The summed E-state index contributed by atoms with van der Waals surface area (Å²) in [5, 5.41) is 19.8. The third-order valence-electron chi connectivity index (χ3n) is 2.48. The van der Waals surface area contributed by atoms with Crippen LogP contribution in [0.4, 0.5) is 0 Å². The predicted octanol–water partition coefficient (Wildman–Crippen LogP) is 0.202. The SMILES string of the molecule is CC1(O)CN(S(=O)(=O)c2ccsc2C(=O)O)C1. The Hall–Kier alpha value is -0.960. The maximum absolute atomic E-state index is 12.0. The minimum atomic E-state index is -3.80. The number of carboxylic acid groups (broad SMARTS) is 1. The smallest absolute Gasteiger partial charge is 0.347 e. The molecule has 0 atom stereocenters. The standard InChI is InChI=1S/C9H11NO5S2/c1-9(13)4-10(5-9)17(14,15)6-2-3-16-7(6)8(11)12/h2-3,13H,4-5H2,1H3,(H,11,12). The molecule has 2 N–H and O–H groups in total. The minimum Gasteiger partial charge on any atom is -0.477 e. The third kappa shape index (κ3) is 2.08. The summed E-state index contributed by atoms with van der Waals surface area (Å²) in [4.78, 5) is 10.5. The van der Waals surface area contributed by atoms with Gasteiger partial charge < -0.3 is 10.2 Å². The first kappa shape index (κ1) is 12.5. The lowest BCUT2D eigenvalue weighted by Gasteiger charge is -2.42. The second kappa shape index (κ2) is 3.77. The Balaban J connectivity index is 2.34. The van der Waals surface area contributed by atoms with Gasteiger partial charge in [-0.15, -0.1) is 11.3 Å². The van der Waals surface area contributed by atoms with Crippen molar-refractivity contribution in [2.45, 2.75) is 17.4 Å². The van der Waals surface area contributed by atoms with Crippen molar-refractivity contribution in [3.63, 3.8) is 0 Å². The number of sulfonamides is 1. The van der Waals surface area contributed by atoms with Gasteiger partial charge in [0.15, 0.2) is 0 Å². The first-order valence-electron chi connectivity index (χ1n) is 4.77.